The van der Waals surface area contributed by atoms with Crippen LogP contribution in [0.25, 0.3) is 100 Å². The maximum Gasteiger partial charge on any atom is 0.148 e. The van der Waals surface area contributed by atoms with Crippen LogP contribution in [0, 0.1) is 0 Å². The van der Waals surface area contributed by atoms with Crippen molar-refractivity contribution in [1.82, 2.24) is 29.1 Å². The molecule has 2 aliphatic rings. The van der Waals surface area contributed by atoms with E-state index in [1.807, 2.05) is 61.2 Å². The van der Waals surface area contributed by atoms with Crippen LogP contribution in [0.1, 0.15) is 11.5 Å². The van der Waals surface area contributed by atoms with E-state index in [0.29, 0.717) is 0 Å². The standard InChI is InChI=1S/C56H36N6O/c1-3-14-40(46-17-5-7-28-57-46)38(12-1)35-22-25-48-44(32-35)54-50(20-10-30-59-54)61(48)37-24-27-53-43(34-37)42-16-9-19-52(56(42)63-53)62-49-26-23-36(33-45(49)55-51(62)21-11-31-60-55)39-13-2-4-15-41(39)47-18-6-8-29-58-47/h1-34,43,53H. The van der Waals surface area contributed by atoms with Crippen LogP contribution in [-0.2, 0) is 0 Å². The highest BCUT2D eigenvalue weighted by Crippen LogP contribution is 2.49. The molecule has 11 aromatic rings. The van der Waals surface area contributed by atoms with Gasteiger partial charge in [-0.2, -0.15) is 0 Å². The highest BCUT2D eigenvalue weighted by molar-refractivity contribution is 6.11. The zero-order valence-electron chi connectivity index (χ0n) is 33.9. The van der Waals surface area contributed by atoms with E-state index in [-0.39, 0.29) is 12.0 Å². The SMILES string of the molecule is C1=CC2Oc3c(cccc3-n3c4ccc(-c5ccccc5-c5ccccn5)cc4c4ncccc43)C2C=C1n1c2ccc(-c3ccccc3-c3ccccn3)cc2c2ncccc21. The van der Waals surface area contributed by atoms with Crippen molar-refractivity contribution in [2.24, 2.45) is 0 Å². The molecule has 0 radical (unpaired) electrons. The lowest BCUT2D eigenvalue weighted by Gasteiger charge is -2.20. The lowest BCUT2D eigenvalue weighted by Crippen LogP contribution is -2.18. The van der Waals surface area contributed by atoms with E-state index in [4.69, 9.17) is 14.7 Å². The van der Waals surface area contributed by atoms with E-state index in [0.717, 1.165) is 111 Å². The van der Waals surface area contributed by atoms with Gasteiger partial charge >= 0.3 is 0 Å². The monoisotopic (exact) mass is 808 g/mol. The van der Waals surface area contributed by atoms with Crippen molar-refractivity contribution in [3.05, 3.63) is 212 Å². The summed E-state index contributed by atoms with van der Waals surface area (Å²) < 4.78 is 11.6. The average Bonchev–Trinajstić information content (AvgIpc) is 4.01. The molecule has 13 rings (SSSR count). The van der Waals surface area contributed by atoms with Crippen molar-refractivity contribution < 1.29 is 4.74 Å². The summed E-state index contributed by atoms with van der Waals surface area (Å²) >= 11 is 0. The number of benzene rings is 5. The molecule has 63 heavy (non-hydrogen) atoms. The van der Waals surface area contributed by atoms with Gasteiger partial charge in [-0.1, -0.05) is 84.9 Å². The van der Waals surface area contributed by atoms with E-state index in [9.17, 15) is 0 Å². The number of allylic oxidation sites excluding steroid dienone is 2. The Morgan fingerprint density at radius 1 is 0.444 bits per heavy atom. The van der Waals surface area contributed by atoms with Crippen molar-refractivity contribution >= 4 is 49.6 Å². The van der Waals surface area contributed by atoms with E-state index in [2.05, 4.69) is 165 Å². The smallest absolute Gasteiger partial charge is 0.148 e. The van der Waals surface area contributed by atoms with Crippen LogP contribution in [0.5, 0.6) is 5.75 Å². The molecule has 0 fully saturated rings. The Bertz CT molecular complexity index is 3680. The van der Waals surface area contributed by atoms with Gasteiger partial charge in [0.2, 0.25) is 0 Å². The Kier molecular flexibility index (Phi) is 7.90. The number of rotatable bonds is 6. The quantitative estimate of drug-likeness (QED) is 0.167. The molecular weight excluding hydrogens is 773 g/mol. The molecule has 7 heteroatoms. The summed E-state index contributed by atoms with van der Waals surface area (Å²) in [6.07, 6.45) is 14.1. The number of hydrogen-bond donors (Lipinski definition) is 0. The van der Waals surface area contributed by atoms with Crippen molar-refractivity contribution in [3.63, 3.8) is 0 Å². The average molecular weight is 809 g/mol. The van der Waals surface area contributed by atoms with Crippen LogP contribution < -0.4 is 4.74 Å². The first-order chi connectivity index (χ1) is 31.3. The molecular formula is C56H36N6O. The van der Waals surface area contributed by atoms with Crippen LogP contribution in [0.3, 0.4) is 0 Å². The molecule has 7 heterocycles. The summed E-state index contributed by atoms with van der Waals surface area (Å²) in [6.45, 7) is 0. The minimum Gasteiger partial charge on any atom is -0.483 e. The van der Waals surface area contributed by atoms with Crippen LogP contribution in [-0.4, -0.2) is 35.2 Å². The summed E-state index contributed by atoms with van der Waals surface area (Å²) in [5, 5.41) is 2.18. The van der Waals surface area contributed by atoms with Gasteiger partial charge in [0.25, 0.3) is 0 Å². The molecule has 7 nitrogen and oxygen atoms in total. The minimum atomic E-state index is -0.147. The number of aromatic nitrogens is 6. The van der Waals surface area contributed by atoms with Gasteiger partial charge in [-0.25, -0.2) is 0 Å². The fourth-order valence-corrected chi connectivity index (χ4v) is 9.92. The Morgan fingerprint density at radius 3 is 1.60 bits per heavy atom. The maximum atomic E-state index is 6.97. The van der Waals surface area contributed by atoms with Crippen molar-refractivity contribution in [3.8, 4) is 56.2 Å². The van der Waals surface area contributed by atoms with E-state index in [1.165, 1.54) is 0 Å². The Hall–Kier alpha value is -8.42. The fourth-order valence-electron chi connectivity index (χ4n) is 9.92. The molecule has 0 saturated carbocycles. The van der Waals surface area contributed by atoms with Crippen LogP contribution in [0.15, 0.2) is 207 Å². The van der Waals surface area contributed by atoms with Gasteiger partial charge in [0.05, 0.1) is 50.2 Å². The molecule has 0 N–H and O–H groups in total. The molecule has 1 aliphatic carbocycles. The Balaban J connectivity index is 0.918. The summed E-state index contributed by atoms with van der Waals surface area (Å²) in [7, 11) is 0. The van der Waals surface area contributed by atoms with Gasteiger partial charge in [-0.15, -0.1) is 0 Å². The van der Waals surface area contributed by atoms with Gasteiger partial charge in [0, 0.05) is 63.9 Å². The van der Waals surface area contributed by atoms with E-state index >= 15 is 0 Å². The normalized spacial score (nSPS) is 15.5. The number of para-hydroxylation sites is 1. The highest BCUT2D eigenvalue weighted by Gasteiger charge is 2.36. The zero-order valence-corrected chi connectivity index (χ0v) is 33.9. The molecule has 296 valence electrons. The molecule has 2 unspecified atom stereocenters. The third-order valence-electron chi connectivity index (χ3n) is 12.7. The number of fused-ring (bicyclic) bond motifs is 9. The van der Waals surface area contributed by atoms with Crippen molar-refractivity contribution in [2.75, 3.05) is 0 Å². The Labute approximate surface area is 362 Å². The van der Waals surface area contributed by atoms with Gasteiger partial charge in [0.15, 0.2) is 0 Å². The summed E-state index contributed by atoms with van der Waals surface area (Å²) in [5.41, 5.74) is 18.0. The lowest BCUT2D eigenvalue weighted by atomic mass is 9.90. The van der Waals surface area contributed by atoms with Crippen molar-refractivity contribution in [1.29, 1.82) is 0 Å². The predicted molar refractivity (Wildman–Crippen MR) is 254 cm³/mol. The first kappa shape index (κ1) is 35.3. The van der Waals surface area contributed by atoms with Crippen LogP contribution >= 0.6 is 0 Å². The summed E-state index contributed by atoms with van der Waals surface area (Å²) in [4.78, 5) is 19.3. The molecule has 0 bridgehead atoms. The molecule has 5 aromatic carbocycles. The van der Waals surface area contributed by atoms with Gasteiger partial charge in [0.1, 0.15) is 11.9 Å². The first-order valence-corrected chi connectivity index (χ1v) is 21.3. The van der Waals surface area contributed by atoms with Crippen molar-refractivity contribution in [2.45, 2.75) is 12.0 Å². The van der Waals surface area contributed by atoms with Crippen LogP contribution in [0.4, 0.5) is 0 Å². The second kappa shape index (κ2) is 14.1. The fraction of sp³-hybridized carbons (Fsp3) is 0.0357. The largest absolute Gasteiger partial charge is 0.483 e. The highest BCUT2D eigenvalue weighted by atomic mass is 16.5. The second-order valence-corrected chi connectivity index (χ2v) is 16.2. The minimum absolute atomic E-state index is 0.00885. The molecule has 0 spiro atoms. The zero-order chi connectivity index (χ0) is 41.4. The van der Waals surface area contributed by atoms with E-state index in [1.54, 1.807) is 0 Å². The van der Waals surface area contributed by atoms with Gasteiger partial charge < -0.3 is 13.9 Å². The van der Waals surface area contributed by atoms with Gasteiger partial charge in [-0.05, 0) is 119 Å². The van der Waals surface area contributed by atoms with E-state index < -0.39 is 0 Å². The number of hydrogen-bond acceptors (Lipinski definition) is 5. The number of nitrogens with zero attached hydrogens (tertiary/aromatic N) is 6. The van der Waals surface area contributed by atoms with Gasteiger partial charge in [-0.3, -0.25) is 19.9 Å². The summed E-state index contributed by atoms with van der Waals surface area (Å²) in [6, 6.07) is 57.4. The Morgan fingerprint density at radius 2 is 1.00 bits per heavy atom. The molecule has 0 saturated heterocycles. The predicted octanol–water partition coefficient (Wildman–Crippen LogP) is 13.1. The number of pyridine rings is 4. The molecule has 1 aliphatic heterocycles. The third kappa shape index (κ3) is 5.53. The number of ether oxygens (including phenoxy) is 1. The maximum absolute atomic E-state index is 6.97. The van der Waals surface area contributed by atoms with Crippen LogP contribution in [0.2, 0.25) is 0 Å². The molecule has 0 amide bonds. The molecule has 2 atom stereocenters. The third-order valence-corrected chi connectivity index (χ3v) is 12.7. The molecule has 6 aromatic heterocycles. The summed E-state index contributed by atoms with van der Waals surface area (Å²) in [5.74, 6) is 0.900. The topological polar surface area (TPSA) is 70.7 Å². The second-order valence-electron chi connectivity index (χ2n) is 16.2. The first-order valence-electron chi connectivity index (χ1n) is 21.3. The lowest BCUT2D eigenvalue weighted by molar-refractivity contribution is 0.268.